The lowest BCUT2D eigenvalue weighted by Crippen LogP contribution is -2.49. The Hall–Kier alpha value is -1.25. The largest absolute Gasteiger partial charge is 0.416 e. The highest BCUT2D eigenvalue weighted by molar-refractivity contribution is 6.74. The summed E-state index contributed by atoms with van der Waals surface area (Å²) in [6, 6.07) is 9.90. The van der Waals surface area contributed by atoms with Crippen molar-refractivity contribution in [3.05, 3.63) is 35.9 Å². The van der Waals surface area contributed by atoms with Crippen LogP contribution < -0.4 is 0 Å². The molecule has 1 aromatic rings. The van der Waals surface area contributed by atoms with Gasteiger partial charge in [0.25, 0.3) is 0 Å². The van der Waals surface area contributed by atoms with Crippen LogP contribution in [0, 0.1) is 11.8 Å². The third-order valence-electron chi connectivity index (χ3n) is 6.83. The molecule has 6 nitrogen and oxygen atoms in total. The number of rotatable bonds is 8. The molecule has 7 heteroatoms. The van der Waals surface area contributed by atoms with Gasteiger partial charge in [-0.2, -0.15) is 0 Å². The van der Waals surface area contributed by atoms with E-state index >= 15 is 0 Å². The van der Waals surface area contributed by atoms with Crippen LogP contribution >= 0.6 is 0 Å². The lowest BCUT2D eigenvalue weighted by molar-refractivity contribution is -0.283. The summed E-state index contributed by atoms with van der Waals surface area (Å²) in [5.41, 5.74) is 0.953. The van der Waals surface area contributed by atoms with Crippen molar-refractivity contribution >= 4 is 14.2 Å². The van der Waals surface area contributed by atoms with E-state index in [1.165, 1.54) is 12.2 Å². The van der Waals surface area contributed by atoms with Crippen molar-refractivity contribution in [3.63, 3.8) is 0 Å². The summed E-state index contributed by atoms with van der Waals surface area (Å²) < 4.78 is 19.2. The maximum Gasteiger partial charge on any atom is 0.248 e. The second kappa shape index (κ2) is 10.6. The number of nitrogens with zero attached hydrogens (tertiary/aromatic N) is 1. The lowest BCUT2D eigenvalue weighted by Gasteiger charge is -2.44. The van der Waals surface area contributed by atoms with Gasteiger partial charge in [0.1, 0.15) is 0 Å². The molecule has 0 N–H and O–H groups in total. The van der Waals surface area contributed by atoms with E-state index in [0.29, 0.717) is 6.61 Å². The fraction of sp³-hybridized carbons (Fsp3) is 0.708. The minimum Gasteiger partial charge on any atom is -0.416 e. The molecule has 1 aliphatic heterocycles. The van der Waals surface area contributed by atoms with E-state index in [9.17, 15) is 4.79 Å². The highest BCUT2D eigenvalue weighted by atomic mass is 28.4. The second-order valence-corrected chi connectivity index (χ2v) is 15.0. The third kappa shape index (κ3) is 6.62. The SMILES string of the molecule is CON(C)C(=O)C[C@H]1O[C@@H](c2ccccc2)O[C@@H]([C@H](C)CO[Si](C)(C)C(C)(C)C)[C@@H]1C. The molecule has 1 aliphatic rings. The number of amides is 1. The summed E-state index contributed by atoms with van der Waals surface area (Å²) in [5.74, 6) is 0.0844. The van der Waals surface area contributed by atoms with Gasteiger partial charge in [-0.25, -0.2) is 5.06 Å². The zero-order valence-electron chi connectivity index (χ0n) is 20.7. The molecule has 176 valence electrons. The Morgan fingerprint density at radius 1 is 1.19 bits per heavy atom. The first kappa shape index (κ1) is 26.0. The number of ether oxygens (including phenoxy) is 2. The fourth-order valence-electron chi connectivity index (χ4n) is 3.50. The number of carbonyl (C=O) groups excluding carboxylic acids is 1. The van der Waals surface area contributed by atoms with E-state index in [1.54, 1.807) is 7.05 Å². The molecular formula is C24H41NO5Si. The van der Waals surface area contributed by atoms with Crippen molar-refractivity contribution in [3.8, 4) is 0 Å². The Morgan fingerprint density at radius 2 is 1.81 bits per heavy atom. The highest BCUT2D eigenvalue weighted by Crippen LogP contribution is 2.40. The molecule has 1 fully saturated rings. The van der Waals surface area contributed by atoms with Crippen LogP contribution in [0.3, 0.4) is 0 Å². The molecule has 1 heterocycles. The first-order chi connectivity index (χ1) is 14.4. The van der Waals surface area contributed by atoms with Crippen LogP contribution in [0.2, 0.25) is 18.1 Å². The normalized spacial score (nSPS) is 25.8. The molecule has 5 atom stereocenters. The molecule has 0 aromatic heterocycles. The van der Waals surface area contributed by atoms with Crippen molar-refractivity contribution in [2.45, 2.75) is 77.7 Å². The van der Waals surface area contributed by atoms with Crippen molar-refractivity contribution in [2.24, 2.45) is 11.8 Å². The topological polar surface area (TPSA) is 57.2 Å². The average Bonchev–Trinajstić information content (AvgIpc) is 2.72. The van der Waals surface area contributed by atoms with Gasteiger partial charge >= 0.3 is 0 Å². The van der Waals surface area contributed by atoms with E-state index in [4.69, 9.17) is 18.7 Å². The van der Waals surface area contributed by atoms with Crippen LogP contribution in [0.5, 0.6) is 0 Å². The summed E-state index contributed by atoms with van der Waals surface area (Å²) in [6.07, 6.45) is -0.632. The van der Waals surface area contributed by atoms with Crippen molar-refractivity contribution in [2.75, 3.05) is 20.8 Å². The van der Waals surface area contributed by atoms with Gasteiger partial charge in [0.05, 0.1) is 25.7 Å². The van der Waals surface area contributed by atoms with Crippen molar-refractivity contribution < 1.29 is 23.5 Å². The predicted octanol–water partition coefficient (Wildman–Crippen LogP) is 5.17. The smallest absolute Gasteiger partial charge is 0.248 e. The van der Waals surface area contributed by atoms with Gasteiger partial charge in [-0.3, -0.25) is 9.63 Å². The van der Waals surface area contributed by atoms with Crippen LogP contribution in [0.4, 0.5) is 0 Å². The quantitative estimate of drug-likeness (QED) is 0.403. The number of benzene rings is 1. The van der Waals surface area contributed by atoms with Gasteiger partial charge in [-0.1, -0.05) is 65.0 Å². The zero-order valence-corrected chi connectivity index (χ0v) is 21.7. The zero-order chi connectivity index (χ0) is 23.4. The van der Waals surface area contributed by atoms with Gasteiger partial charge in [0, 0.05) is 31.1 Å². The molecule has 0 radical (unpaired) electrons. The minimum absolute atomic E-state index is 0.0344. The second-order valence-electron chi connectivity index (χ2n) is 10.2. The van der Waals surface area contributed by atoms with Crippen molar-refractivity contribution in [1.29, 1.82) is 0 Å². The van der Waals surface area contributed by atoms with E-state index in [1.807, 2.05) is 30.3 Å². The predicted molar refractivity (Wildman–Crippen MR) is 125 cm³/mol. The van der Waals surface area contributed by atoms with Crippen LogP contribution in [0.1, 0.15) is 52.9 Å². The van der Waals surface area contributed by atoms with E-state index in [2.05, 4.69) is 47.7 Å². The standard InChI is InChI=1S/C24H41NO5Si/c1-17(16-28-31(8,9)24(3,4)5)22-18(2)20(15-21(26)25(6)27-7)29-23(30-22)19-13-11-10-12-14-19/h10-14,17-18,20,22-23H,15-16H2,1-9H3/t17-,18-,20-,22+,23-/m1/s1. The maximum absolute atomic E-state index is 12.5. The van der Waals surface area contributed by atoms with Crippen LogP contribution in [-0.2, 0) is 23.5 Å². The summed E-state index contributed by atoms with van der Waals surface area (Å²) in [7, 11) is 1.25. The third-order valence-corrected chi connectivity index (χ3v) is 11.3. The molecule has 0 saturated carbocycles. The Bertz CT molecular complexity index is 706. The lowest BCUT2D eigenvalue weighted by atomic mass is 9.86. The Balaban J connectivity index is 2.19. The Labute approximate surface area is 189 Å². The maximum atomic E-state index is 12.5. The number of hydrogen-bond donors (Lipinski definition) is 0. The number of carbonyl (C=O) groups is 1. The fourth-order valence-corrected chi connectivity index (χ4v) is 4.61. The molecule has 0 spiro atoms. The molecule has 31 heavy (non-hydrogen) atoms. The highest BCUT2D eigenvalue weighted by Gasteiger charge is 2.43. The van der Waals surface area contributed by atoms with Crippen LogP contribution in [-0.4, -0.2) is 52.3 Å². The molecule has 0 bridgehead atoms. The average molecular weight is 452 g/mol. The van der Waals surface area contributed by atoms with Gasteiger partial charge in [-0.15, -0.1) is 0 Å². The first-order valence-corrected chi connectivity index (χ1v) is 14.1. The van der Waals surface area contributed by atoms with Crippen LogP contribution in [0.25, 0.3) is 0 Å². The summed E-state index contributed by atoms with van der Waals surface area (Å²) in [4.78, 5) is 17.6. The molecule has 0 unspecified atom stereocenters. The molecule has 1 amide bonds. The van der Waals surface area contributed by atoms with E-state index < -0.39 is 14.6 Å². The van der Waals surface area contributed by atoms with Gasteiger partial charge in [0.15, 0.2) is 14.6 Å². The van der Waals surface area contributed by atoms with Crippen LogP contribution in [0.15, 0.2) is 30.3 Å². The van der Waals surface area contributed by atoms with E-state index in [-0.39, 0.29) is 41.4 Å². The van der Waals surface area contributed by atoms with E-state index in [0.717, 1.165) is 5.56 Å². The molecule has 0 aliphatic carbocycles. The number of hydrogen-bond acceptors (Lipinski definition) is 5. The molecule has 2 rings (SSSR count). The molecular weight excluding hydrogens is 410 g/mol. The van der Waals surface area contributed by atoms with Crippen molar-refractivity contribution in [1.82, 2.24) is 5.06 Å². The Morgan fingerprint density at radius 3 is 2.35 bits per heavy atom. The number of hydroxylamine groups is 2. The minimum atomic E-state index is -1.86. The summed E-state index contributed by atoms with van der Waals surface area (Å²) in [6.45, 7) is 16.2. The van der Waals surface area contributed by atoms with Gasteiger partial charge < -0.3 is 13.9 Å². The van der Waals surface area contributed by atoms with Gasteiger partial charge in [-0.05, 0) is 18.1 Å². The molecule has 1 aromatic carbocycles. The summed E-state index contributed by atoms with van der Waals surface area (Å²) >= 11 is 0. The molecule has 1 saturated heterocycles. The summed E-state index contributed by atoms with van der Waals surface area (Å²) in [5, 5.41) is 1.41. The van der Waals surface area contributed by atoms with Gasteiger partial charge in [0.2, 0.25) is 5.91 Å². The monoisotopic (exact) mass is 451 g/mol. The Kier molecular flexibility index (Phi) is 8.87. The first-order valence-electron chi connectivity index (χ1n) is 11.2.